The zero-order valence-electron chi connectivity index (χ0n) is 16.2. The minimum Gasteiger partial charge on any atom is -0.369 e. The number of carbonyl (C=O) groups excluding carboxylic acids is 1. The Morgan fingerprint density at radius 2 is 1.93 bits per heavy atom. The number of halogens is 1. The third-order valence-electron chi connectivity index (χ3n) is 5.32. The molecule has 5 heteroatoms. The van der Waals surface area contributed by atoms with E-state index in [4.69, 9.17) is 21.3 Å². The molecule has 1 fully saturated rings. The molecule has 27 heavy (non-hydrogen) atoms. The molecule has 0 unspecified atom stereocenters. The predicted molar refractivity (Wildman–Crippen MR) is 108 cm³/mol. The van der Waals surface area contributed by atoms with Crippen molar-refractivity contribution in [2.45, 2.75) is 44.6 Å². The summed E-state index contributed by atoms with van der Waals surface area (Å²) < 4.78 is 5.36. The number of nitrogens with zero attached hydrogens (tertiary/aromatic N) is 2. The Hall–Kier alpha value is -1.91. The Labute approximate surface area is 166 Å². The van der Waals surface area contributed by atoms with Gasteiger partial charge in [-0.2, -0.15) is 0 Å². The summed E-state index contributed by atoms with van der Waals surface area (Å²) in [5.41, 5.74) is 2.66. The van der Waals surface area contributed by atoms with Crippen LogP contribution in [-0.4, -0.2) is 41.6 Å². The summed E-state index contributed by atoms with van der Waals surface area (Å²) in [7, 11) is 1.58. The quantitative estimate of drug-likeness (QED) is 0.762. The fourth-order valence-corrected chi connectivity index (χ4v) is 3.62. The Morgan fingerprint density at radius 1 is 1.22 bits per heavy atom. The lowest BCUT2D eigenvalue weighted by Gasteiger charge is -2.36. The van der Waals surface area contributed by atoms with Crippen molar-refractivity contribution in [2.75, 3.05) is 20.2 Å². The molecule has 1 aromatic carbocycles. The number of pyridine rings is 1. The zero-order valence-corrected chi connectivity index (χ0v) is 17.0. The van der Waals surface area contributed by atoms with E-state index in [-0.39, 0.29) is 11.8 Å². The highest BCUT2D eigenvalue weighted by Crippen LogP contribution is 2.28. The summed E-state index contributed by atoms with van der Waals surface area (Å²) in [6, 6.07) is 12.1. The second-order valence-corrected chi connectivity index (χ2v) is 8.14. The molecule has 0 N–H and O–H groups in total. The molecule has 1 aromatic heterocycles. The van der Waals surface area contributed by atoms with Gasteiger partial charge in [-0.1, -0.05) is 29.8 Å². The number of amides is 1. The van der Waals surface area contributed by atoms with Gasteiger partial charge in [0.25, 0.3) is 5.91 Å². The largest absolute Gasteiger partial charge is 0.369 e. The van der Waals surface area contributed by atoms with E-state index in [0.29, 0.717) is 6.54 Å². The van der Waals surface area contributed by atoms with E-state index >= 15 is 0 Å². The van der Waals surface area contributed by atoms with Crippen LogP contribution < -0.4 is 0 Å². The smallest absolute Gasteiger partial charge is 0.254 e. The van der Waals surface area contributed by atoms with Gasteiger partial charge in [0.15, 0.2) is 0 Å². The van der Waals surface area contributed by atoms with Crippen molar-refractivity contribution >= 4 is 17.5 Å². The molecule has 2 heterocycles. The van der Waals surface area contributed by atoms with Crippen molar-refractivity contribution in [1.29, 1.82) is 0 Å². The van der Waals surface area contributed by atoms with Gasteiger partial charge in [0.05, 0.1) is 0 Å². The molecule has 144 valence electrons. The van der Waals surface area contributed by atoms with Gasteiger partial charge in [0.2, 0.25) is 0 Å². The molecule has 0 aliphatic carbocycles. The fraction of sp³-hybridized carbons (Fsp3) is 0.455. The second kappa shape index (κ2) is 8.41. The van der Waals surface area contributed by atoms with Crippen LogP contribution in [0.15, 0.2) is 42.6 Å². The maximum Gasteiger partial charge on any atom is 0.254 e. The summed E-state index contributed by atoms with van der Waals surface area (Å²) in [6.07, 6.45) is 4.83. The minimum atomic E-state index is -0.780. The van der Waals surface area contributed by atoms with Crippen LogP contribution in [0.2, 0.25) is 5.02 Å². The first-order chi connectivity index (χ1) is 12.9. The number of hydrogen-bond acceptors (Lipinski definition) is 3. The molecule has 0 bridgehead atoms. The number of benzene rings is 1. The number of aromatic nitrogens is 1. The van der Waals surface area contributed by atoms with Gasteiger partial charge in [-0.3, -0.25) is 9.78 Å². The molecule has 1 amide bonds. The van der Waals surface area contributed by atoms with Crippen molar-refractivity contribution in [2.24, 2.45) is 0 Å². The number of rotatable bonds is 5. The summed E-state index contributed by atoms with van der Waals surface area (Å²) in [5.74, 6) is 0.328. The highest BCUT2D eigenvalue weighted by Gasteiger charge is 2.35. The first kappa shape index (κ1) is 19.8. The Kier molecular flexibility index (Phi) is 6.18. The van der Waals surface area contributed by atoms with Crippen LogP contribution in [0.1, 0.15) is 49.4 Å². The molecule has 0 saturated carbocycles. The Morgan fingerprint density at radius 3 is 2.56 bits per heavy atom. The lowest BCUT2D eigenvalue weighted by molar-refractivity contribution is -0.152. The van der Waals surface area contributed by atoms with Crippen LogP contribution >= 0.6 is 11.6 Å². The number of carbonyl (C=O) groups is 1. The maximum atomic E-state index is 12.7. The van der Waals surface area contributed by atoms with E-state index in [1.165, 1.54) is 11.1 Å². The topological polar surface area (TPSA) is 42.4 Å². The Balaban J connectivity index is 1.65. The average Bonchev–Trinajstić information content (AvgIpc) is 2.70. The summed E-state index contributed by atoms with van der Waals surface area (Å²) in [4.78, 5) is 19.3. The van der Waals surface area contributed by atoms with E-state index < -0.39 is 5.60 Å². The molecule has 1 saturated heterocycles. The predicted octanol–water partition coefficient (Wildman–Crippen LogP) is 4.46. The summed E-state index contributed by atoms with van der Waals surface area (Å²) >= 11 is 5.94. The number of hydrogen-bond donors (Lipinski definition) is 0. The molecule has 0 spiro atoms. The SMILES string of the molecule is COC(C)(C)C(=O)N1CCC[C@@H](c2ccc(Cc3ccc(Cl)cc3)cn2)C1. The lowest BCUT2D eigenvalue weighted by Crippen LogP contribution is -2.49. The van der Waals surface area contributed by atoms with Crippen LogP contribution in [0.3, 0.4) is 0 Å². The van der Waals surface area contributed by atoms with Gasteiger partial charge >= 0.3 is 0 Å². The minimum absolute atomic E-state index is 0.0501. The van der Waals surface area contributed by atoms with E-state index in [2.05, 4.69) is 12.1 Å². The fourth-order valence-electron chi connectivity index (χ4n) is 3.49. The standard InChI is InChI=1S/C22H27ClN2O2/c1-22(2,27-3)21(26)25-12-4-5-18(15-25)20-11-8-17(14-24-20)13-16-6-9-19(23)10-7-16/h6-11,14,18H,4-5,12-13,15H2,1-3H3/t18-/m1/s1. The van der Waals surface area contributed by atoms with Crippen LogP contribution in [0.5, 0.6) is 0 Å². The van der Waals surface area contributed by atoms with Crippen LogP contribution in [0, 0.1) is 0 Å². The van der Waals surface area contributed by atoms with Crippen LogP contribution in [0.4, 0.5) is 0 Å². The average molecular weight is 387 g/mol. The highest BCUT2D eigenvalue weighted by atomic mass is 35.5. The zero-order chi connectivity index (χ0) is 19.4. The molecular formula is C22H27ClN2O2. The van der Waals surface area contributed by atoms with E-state index in [9.17, 15) is 4.79 Å². The molecule has 2 aromatic rings. The van der Waals surface area contributed by atoms with Crippen LogP contribution in [0.25, 0.3) is 0 Å². The molecule has 1 aliphatic heterocycles. The second-order valence-electron chi connectivity index (χ2n) is 7.70. The van der Waals surface area contributed by atoms with E-state index in [1.807, 2.05) is 49.2 Å². The molecule has 4 nitrogen and oxygen atoms in total. The van der Waals surface area contributed by atoms with Gasteiger partial charge in [-0.25, -0.2) is 0 Å². The van der Waals surface area contributed by atoms with E-state index in [1.54, 1.807) is 7.11 Å². The monoisotopic (exact) mass is 386 g/mol. The molecular weight excluding hydrogens is 360 g/mol. The Bertz CT molecular complexity index is 772. The maximum absolute atomic E-state index is 12.7. The molecule has 1 aliphatic rings. The van der Waals surface area contributed by atoms with Crippen molar-refractivity contribution in [1.82, 2.24) is 9.88 Å². The lowest BCUT2D eigenvalue weighted by atomic mass is 9.92. The van der Waals surface area contributed by atoms with Crippen molar-refractivity contribution in [3.63, 3.8) is 0 Å². The molecule has 3 rings (SSSR count). The number of likely N-dealkylation sites (tertiary alicyclic amines) is 1. The summed E-state index contributed by atoms with van der Waals surface area (Å²) in [5, 5.41) is 0.750. The first-order valence-corrected chi connectivity index (χ1v) is 9.80. The molecule has 0 radical (unpaired) electrons. The number of piperidine rings is 1. The summed E-state index contributed by atoms with van der Waals surface area (Å²) in [6.45, 7) is 5.14. The number of ether oxygens (including phenoxy) is 1. The van der Waals surface area contributed by atoms with Gasteiger partial charge in [0.1, 0.15) is 5.60 Å². The third kappa shape index (κ3) is 4.88. The molecule has 1 atom stereocenters. The van der Waals surface area contributed by atoms with Gasteiger partial charge in [0, 0.05) is 43.0 Å². The normalized spacial score (nSPS) is 17.8. The number of methoxy groups -OCH3 is 1. The van der Waals surface area contributed by atoms with Crippen molar-refractivity contribution < 1.29 is 9.53 Å². The highest BCUT2D eigenvalue weighted by molar-refractivity contribution is 6.30. The van der Waals surface area contributed by atoms with Gasteiger partial charge < -0.3 is 9.64 Å². The first-order valence-electron chi connectivity index (χ1n) is 9.43. The van der Waals surface area contributed by atoms with Crippen molar-refractivity contribution in [3.8, 4) is 0 Å². The van der Waals surface area contributed by atoms with Gasteiger partial charge in [-0.15, -0.1) is 0 Å². The van der Waals surface area contributed by atoms with Gasteiger partial charge in [-0.05, 0) is 62.4 Å². The van der Waals surface area contributed by atoms with E-state index in [0.717, 1.165) is 36.5 Å². The van der Waals surface area contributed by atoms with Crippen LogP contribution in [-0.2, 0) is 16.0 Å². The van der Waals surface area contributed by atoms with Crippen molar-refractivity contribution in [3.05, 3.63) is 64.4 Å². The third-order valence-corrected chi connectivity index (χ3v) is 5.57.